The quantitative estimate of drug-likeness (QED) is 0.0179. The van der Waals surface area contributed by atoms with Crippen molar-refractivity contribution in [3.8, 4) is 0 Å². The first-order chi connectivity index (χ1) is 41.3. The summed E-state index contributed by atoms with van der Waals surface area (Å²) in [5.41, 5.74) is 23.7. The lowest BCUT2D eigenvalue weighted by atomic mass is 9.96. The second-order valence-corrected chi connectivity index (χ2v) is 22.8. The minimum Gasteiger partial charge on any atom is -0.481 e. The number of aromatic nitrogens is 1. The monoisotopic (exact) mass is 1240 g/mol. The molecule has 0 radical (unpaired) electrons. The number of nitrogens with zero attached hydrogens (tertiary/aromatic N) is 2. The zero-order chi connectivity index (χ0) is 66.3. The lowest BCUT2D eigenvalue weighted by Crippen LogP contribution is -2.61. The number of nitrogens with two attached hydrogens (primary N) is 4. The number of H-pyrrole nitrogens is 1. The predicted molar refractivity (Wildman–Crippen MR) is 320 cm³/mol. The second kappa shape index (κ2) is 35.4. The van der Waals surface area contributed by atoms with Gasteiger partial charge in [0.25, 0.3) is 0 Å². The Balaban J connectivity index is 2.00. The summed E-state index contributed by atoms with van der Waals surface area (Å²) in [4.78, 5) is 172. The highest BCUT2D eigenvalue weighted by molar-refractivity contribution is 6.00. The molecule has 490 valence electrons. The number of nitrogens with one attached hydrogen (secondary N) is 9. The van der Waals surface area contributed by atoms with E-state index in [-0.39, 0.29) is 63.5 Å². The molecule has 88 heavy (non-hydrogen) atoms. The maximum Gasteiger partial charge on any atom is 0.328 e. The highest BCUT2D eigenvalue weighted by Gasteiger charge is 2.42. The van der Waals surface area contributed by atoms with Crippen molar-refractivity contribution < 1.29 is 78.0 Å². The van der Waals surface area contributed by atoms with Crippen LogP contribution in [0.4, 0.5) is 0 Å². The van der Waals surface area contributed by atoms with Gasteiger partial charge in [0.15, 0.2) is 12.0 Å². The van der Waals surface area contributed by atoms with E-state index in [1.807, 2.05) is 0 Å². The molecular formula is C57H91N15O16. The SMILES string of the molecule is CC[C@H](C)[C@H](NC(=O)[C@H](CCCN=C(N)N)NC(=O)[C@H](CCC(=O)O)NC(=O)[C@H](CC(C)C)NC(=O)[C@H](CC(N)=O)NC(=O)[C@H](Cc1c[nH]c2ccccc12)NC(=O)[C@@H]1CCCN1C(=O)[C@@H](NC(=O)[C@@H](N)[C@@H](C)O)[C@@H](C)CC)C(=O)N[C@H](C(=O)O)[C@@H](C)O. The number of aliphatic carboxylic acids is 2. The van der Waals surface area contributed by atoms with Gasteiger partial charge in [0.2, 0.25) is 59.1 Å². The van der Waals surface area contributed by atoms with E-state index in [0.29, 0.717) is 29.3 Å². The average Bonchev–Trinajstić information content (AvgIpc) is 4.34. The number of carboxylic acids is 2. The van der Waals surface area contributed by atoms with E-state index in [2.05, 4.69) is 52.5 Å². The van der Waals surface area contributed by atoms with Gasteiger partial charge in [-0.25, -0.2) is 4.79 Å². The van der Waals surface area contributed by atoms with Crippen molar-refractivity contribution in [3.63, 3.8) is 0 Å². The number of carboxylic acid groups (broad SMARTS) is 2. The molecule has 1 fully saturated rings. The van der Waals surface area contributed by atoms with Gasteiger partial charge in [0, 0.05) is 43.0 Å². The van der Waals surface area contributed by atoms with Crippen LogP contribution in [-0.4, -0.2) is 193 Å². The van der Waals surface area contributed by atoms with Crippen molar-refractivity contribution in [2.75, 3.05) is 13.1 Å². The van der Waals surface area contributed by atoms with E-state index >= 15 is 0 Å². The first kappa shape index (κ1) is 73.8. The van der Waals surface area contributed by atoms with Crippen molar-refractivity contribution in [2.24, 2.45) is 45.7 Å². The Kier molecular flexibility index (Phi) is 29.7. The highest BCUT2D eigenvalue weighted by atomic mass is 16.4. The van der Waals surface area contributed by atoms with Crippen LogP contribution >= 0.6 is 0 Å². The Morgan fingerprint density at radius 3 is 1.75 bits per heavy atom. The number of primary amides is 1. The van der Waals surface area contributed by atoms with Crippen molar-refractivity contribution in [3.05, 3.63) is 36.0 Å². The predicted octanol–water partition coefficient (Wildman–Crippen LogP) is -3.31. The van der Waals surface area contributed by atoms with Gasteiger partial charge in [0.05, 0.1) is 18.6 Å². The molecule has 1 aromatic heterocycles. The lowest BCUT2D eigenvalue weighted by Gasteiger charge is -2.33. The molecule has 0 bridgehead atoms. The number of likely N-dealkylation sites (tertiary alicyclic amines) is 1. The minimum absolute atomic E-state index is 0.0391. The molecule has 2 aromatic rings. The fraction of sp³-hybridized carbons (Fsp3) is 0.632. The standard InChI is InChI=1S/C57H91N15O16/c1-9-28(5)44(54(85)71-46(31(8)74)56(87)88)69-48(79)35(17-13-21-62-57(60)61)64-47(78)36(19-20-42(76)77)65-49(80)37(23-27(3)4)66-51(82)39(25-41(58)75)67-50(81)38(24-32-26-63-34-16-12-11-15-33(32)34)68-52(83)40-18-14-22-72(40)55(86)45(29(6)10-2)70-53(84)43(59)30(7)73/h11-12,15-16,26-31,35-40,43-46,63,73-74H,9-10,13-14,17-25,59H2,1-8H3,(H2,58,75)(H,64,78)(H,65,80)(H,66,82)(H,67,81)(H,68,83)(H,69,79)(H,70,84)(H,71,85)(H,76,77)(H,87,88)(H4,60,61,62)/t28-,29-,30+,31+,35-,36-,37-,38-,39-,40-,43-,44-,45-,46-/m0/s1. The highest BCUT2D eigenvalue weighted by Crippen LogP contribution is 2.24. The molecule has 10 amide bonds. The number of fused-ring (bicyclic) bond motifs is 1. The van der Waals surface area contributed by atoms with Crippen LogP contribution in [0.1, 0.15) is 125 Å². The summed E-state index contributed by atoms with van der Waals surface area (Å²) < 4.78 is 0. The van der Waals surface area contributed by atoms with Gasteiger partial charge >= 0.3 is 11.9 Å². The van der Waals surface area contributed by atoms with E-state index in [9.17, 15) is 78.0 Å². The van der Waals surface area contributed by atoms with Gasteiger partial charge in [-0.15, -0.1) is 0 Å². The Morgan fingerprint density at radius 2 is 1.18 bits per heavy atom. The fourth-order valence-corrected chi connectivity index (χ4v) is 9.73. The molecule has 31 heteroatoms. The summed E-state index contributed by atoms with van der Waals surface area (Å²) in [5, 5.41) is 60.1. The van der Waals surface area contributed by atoms with E-state index in [1.54, 1.807) is 72.0 Å². The smallest absolute Gasteiger partial charge is 0.328 e. The van der Waals surface area contributed by atoms with Crippen LogP contribution in [0, 0.1) is 17.8 Å². The number of hydrogen-bond donors (Lipinski definition) is 17. The van der Waals surface area contributed by atoms with E-state index < -0.39 is 175 Å². The van der Waals surface area contributed by atoms with Crippen molar-refractivity contribution in [1.29, 1.82) is 0 Å². The van der Waals surface area contributed by atoms with Crippen molar-refractivity contribution in [2.45, 2.75) is 199 Å². The zero-order valence-electron chi connectivity index (χ0n) is 51.1. The number of aliphatic hydroxyl groups excluding tert-OH is 2. The molecule has 1 aliphatic heterocycles. The third-order valence-electron chi connectivity index (χ3n) is 15.2. The molecule has 14 atom stereocenters. The average molecular weight is 1240 g/mol. The van der Waals surface area contributed by atoms with Gasteiger partial charge in [-0.3, -0.25) is 57.7 Å². The molecule has 1 aromatic carbocycles. The number of hydrogen-bond acceptors (Lipinski definition) is 16. The number of guanidine groups is 1. The summed E-state index contributed by atoms with van der Waals surface area (Å²) >= 11 is 0. The fourth-order valence-electron chi connectivity index (χ4n) is 9.73. The topological polar surface area (TPSA) is 517 Å². The minimum atomic E-state index is -1.82. The number of rotatable bonds is 37. The number of benzene rings is 1. The third-order valence-corrected chi connectivity index (χ3v) is 15.2. The molecular weight excluding hydrogens is 1150 g/mol. The van der Waals surface area contributed by atoms with Crippen LogP contribution in [0.2, 0.25) is 0 Å². The molecule has 0 aliphatic carbocycles. The maximum absolute atomic E-state index is 14.7. The van der Waals surface area contributed by atoms with Crippen LogP contribution in [0.25, 0.3) is 10.9 Å². The molecule has 0 spiro atoms. The van der Waals surface area contributed by atoms with Gasteiger partial charge in [-0.1, -0.05) is 72.6 Å². The van der Waals surface area contributed by atoms with Crippen molar-refractivity contribution in [1.82, 2.24) is 52.4 Å². The Morgan fingerprint density at radius 1 is 0.648 bits per heavy atom. The number of aromatic amines is 1. The van der Waals surface area contributed by atoms with Gasteiger partial charge < -0.3 is 95.8 Å². The molecule has 31 nitrogen and oxygen atoms in total. The van der Waals surface area contributed by atoms with Crippen LogP contribution < -0.4 is 65.5 Å². The molecule has 1 aliphatic rings. The first-order valence-electron chi connectivity index (χ1n) is 29.5. The number of carbonyl (C=O) groups is 12. The van der Waals surface area contributed by atoms with Gasteiger partial charge in [-0.2, -0.15) is 0 Å². The summed E-state index contributed by atoms with van der Waals surface area (Å²) in [6.07, 6.45) is -2.61. The number of carbonyl (C=O) groups excluding carboxylic acids is 10. The molecule has 21 N–H and O–H groups in total. The molecule has 1 saturated heterocycles. The second-order valence-electron chi connectivity index (χ2n) is 22.8. The Hall–Kier alpha value is -8.45. The third kappa shape index (κ3) is 22.7. The summed E-state index contributed by atoms with van der Waals surface area (Å²) in [5.74, 6) is -14.2. The zero-order valence-corrected chi connectivity index (χ0v) is 51.1. The number of amides is 10. The van der Waals surface area contributed by atoms with Crippen LogP contribution in [0.5, 0.6) is 0 Å². The Labute approximate surface area is 510 Å². The summed E-state index contributed by atoms with van der Waals surface area (Å²) in [6.45, 7) is 12.7. The van der Waals surface area contributed by atoms with E-state index in [1.165, 1.54) is 11.8 Å². The van der Waals surface area contributed by atoms with Crippen LogP contribution in [-0.2, 0) is 64.0 Å². The van der Waals surface area contributed by atoms with Gasteiger partial charge in [0.1, 0.15) is 54.4 Å². The molecule has 0 unspecified atom stereocenters. The lowest BCUT2D eigenvalue weighted by molar-refractivity contribution is -0.145. The number of aliphatic hydroxyl groups is 2. The number of para-hydroxylation sites is 1. The summed E-state index contributed by atoms with van der Waals surface area (Å²) in [6, 6.07) is -7.92. The van der Waals surface area contributed by atoms with E-state index in [0.717, 1.165) is 6.92 Å². The van der Waals surface area contributed by atoms with Crippen LogP contribution in [0.3, 0.4) is 0 Å². The summed E-state index contributed by atoms with van der Waals surface area (Å²) in [7, 11) is 0. The van der Waals surface area contributed by atoms with E-state index in [4.69, 9.17) is 22.9 Å². The largest absolute Gasteiger partial charge is 0.481 e. The van der Waals surface area contributed by atoms with Crippen LogP contribution in [0.15, 0.2) is 35.5 Å². The van der Waals surface area contributed by atoms with Gasteiger partial charge in [-0.05, 0) is 81.8 Å². The molecule has 3 rings (SSSR count). The molecule has 2 heterocycles. The maximum atomic E-state index is 14.7. The Bertz CT molecular complexity index is 2810. The normalized spacial score (nSPS) is 17.5. The van der Waals surface area contributed by atoms with Crippen molar-refractivity contribution >= 4 is 87.9 Å². The first-order valence-corrected chi connectivity index (χ1v) is 29.5. The molecule has 0 saturated carbocycles. The number of aliphatic imine (C=N–C) groups is 1.